The average Bonchev–Trinajstić information content (AvgIpc) is 3.06. The van der Waals surface area contributed by atoms with Crippen molar-refractivity contribution < 1.29 is 9.90 Å². The summed E-state index contributed by atoms with van der Waals surface area (Å²) in [7, 11) is 0. The fourth-order valence-corrected chi connectivity index (χ4v) is 2.99. The van der Waals surface area contributed by atoms with E-state index in [9.17, 15) is 9.90 Å². The third kappa shape index (κ3) is 3.76. The fourth-order valence-electron chi connectivity index (χ4n) is 2.28. The van der Waals surface area contributed by atoms with Gasteiger partial charge in [-0.15, -0.1) is 0 Å². The summed E-state index contributed by atoms with van der Waals surface area (Å²) < 4.78 is 0. The first-order valence-electron chi connectivity index (χ1n) is 7.53. The molecule has 0 saturated heterocycles. The van der Waals surface area contributed by atoms with Crippen LogP contribution in [-0.4, -0.2) is 17.6 Å². The van der Waals surface area contributed by atoms with Gasteiger partial charge >= 0.3 is 0 Å². The van der Waals surface area contributed by atoms with Gasteiger partial charge in [-0.25, -0.2) is 0 Å². The molecule has 4 heteroatoms. The van der Waals surface area contributed by atoms with E-state index in [4.69, 9.17) is 0 Å². The number of aliphatic hydroxyl groups excluding tert-OH is 1. The number of thiophene rings is 1. The Bertz CT molecular complexity index is 603. The van der Waals surface area contributed by atoms with Crippen LogP contribution < -0.4 is 5.32 Å². The predicted molar refractivity (Wildman–Crippen MR) is 91.1 cm³/mol. The lowest BCUT2D eigenvalue weighted by Crippen LogP contribution is -2.41. The molecule has 2 rings (SSSR count). The topological polar surface area (TPSA) is 49.3 Å². The number of carbonyl (C=O) groups excluding carboxylic acids is 1. The van der Waals surface area contributed by atoms with Gasteiger partial charge in [-0.05, 0) is 53.8 Å². The number of aliphatic hydroxyl groups is 1. The molecule has 0 spiro atoms. The summed E-state index contributed by atoms with van der Waals surface area (Å²) in [5, 5.41) is 16.7. The molecule has 0 aliphatic heterocycles. The van der Waals surface area contributed by atoms with Crippen molar-refractivity contribution >= 4 is 17.2 Å². The summed E-state index contributed by atoms with van der Waals surface area (Å²) in [5.74, 6) is -0.0778. The molecule has 1 aromatic heterocycles. The van der Waals surface area contributed by atoms with Crippen molar-refractivity contribution in [1.82, 2.24) is 5.32 Å². The second-order valence-electron chi connectivity index (χ2n) is 5.96. The molecular weight excluding hydrogens is 294 g/mol. The molecule has 1 atom stereocenters. The van der Waals surface area contributed by atoms with Gasteiger partial charge in [-0.3, -0.25) is 4.79 Å². The zero-order valence-electron chi connectivity index (χ0n) is 13.3. The standard InChI is InChI=1S/C18H23NO2S/c1-4-13-5-7-15(8-6-13)18(2,3)17(21)19-11-16(20)14-9-10-22-12-14/h5-10,12,16,20H,4,11H2,1-3H3,(H,19,21). The predicted octanol–water partition coefficient (Wildman–Crippen LogP) is 3.44. The van der Waals surface area contributed by atoms with E-state index in [0.29, 0.717) is 0 Å². The highest BCUT2D eigenvalue weighted by atomic mass is 32.1. The van der Waals surface area contributed by atoms with Crippen LogP contribution in [0.4, 0.5) is 0 Å². The molecule has 118 valence electrons. The minimum atomic E-state index is -0.659. The normalized spacial score (nSPS) is 12.9. The largest absolute Gasteiger partial charge is 0.387 e. The van der Waals surface area contributed by atoms with Crippen molar-refractivity contribution in [3.05, 3.63) is 57.8 Å². The minimum absolute atomic E-state index is 0.0778. The van der Waals surface area contributed by atoms with Crippen LogP contribution >= 0.6 is 11.3 Å². The zero-order chi connectivity index (χ0) is 16.2. The van der Waals surface area contributed by atoms with E-state index in [2.05, 4.69) is 24.4 Å². The van der Waals surface area contributed by atoms with Crippen LogP contribution in [-0.2, 0) is 16.6 Å². The molecule has 0 bridgehead atoms. The molecule has 3 nitrogen and oxygen atoms in total. The monoisotopic (exact) mass is 317 g/mol. The second kappa shape index (κ2) is 7.07. The molecule has 1 heterocycles. The third-order valence-electron chi connectivity index (χ3n) is 4.04. The van der Waals surface area contributed by atoms with Gasteiger partial charge in [0.15, 0.2) is 0 Å². The maximum atomic E-state index is 12.5. The van der Waals surface area contributed by atoms with E-state index in [1.54, 1.807) is 0 Å². The SMILES string of the molecule is CCc1ccc(C(C)(C)C(=O)NCC(O)c2ccsc2)cc1. The second-order valence-corrected chi connectivity index (χ2v) is 6.74. The Kier molecular flexibility index (Phi) is 5.37. The molecule has 1 unspecified atom stereocenters. The van der Waals surface area contributed by atoms with Crippen molar-refractivity contribution in [2.45, 2.75) is 38.7 Å². The van der Waals surface area contributed by atoms with E-state index in [-0.39, 0.29) is 12.5 Å². The smallest absolute Gasteiger partial charge is 0.230 e. The van der Waals surface area contributed by atoms with Gasteiger partial charge in [0.2, 0.25) is 5.91 Å². The molecule has 1 amide bonds. The maximum Gasteiger partial charge on any atom is 0.230 e. The van der Waals surface area contributed by atoms with Crippen LogP contribution in [0.5, 0.6) is 0 Å². The maximum absolute atomic E-state index is 12.5. The first kappa shape index (κ1) is 16.7. The van der Waals surface area contributed by atoms with Gasteiger partial charge in [-0.1, -0.05) is 31.2 Å². The highest BCUT2D eigenvalue weighted by Gasteiger charge is 2.29. The fraction of sp³-hybridized carbons (Fsp3) is 0.389. The number of hydrogen-bond acceptors (Lipinski definition) is 3. The van der Waals surface area contributed by atoms with E-state index in [1.165, 1.54) is 16.9 Å². The van der Waals surface area contributed by atoms with Crippen LogP contribution in [0.15, 0.2) is 41.1 Å². The van der Waals surface area contributed by atoms with Crippen LogP contribution in [0.25, 0.3) is 0 Å². The molecule has 0 radical (unpaired) electrons. The Hall–Kier alpha value is -1.65. The Morgan fingerprint density at radius 2 is 1.95 bits per heavy atom. The lowest BCUT2D eigenvalue weighted by Gasteiger charge is -2.25. The summed E-state index contributed by atoms with van der Waals surface area (Å²) in [6.07, 6.45) is 0.327. The van der Waals surface area contributed by atoms with Crippen LogP contribution in [0.1, 0.15) is 43.6 Å². The molecular formula is C18H23NO2S. The molecule has 0 saturated carbocycles. The lowest BCUT2D eigenvalue weighted by atomic mass is 9.83. The van der Waals surface area contributed by atoms with Gasteiger partial charge < -0.3 is 10.4 Å². The summed E-state index contributed by atoms with van der Waals surface area (Å²) in [6, 6.07) is 10.0. The van der Waals surface area contributed by atoms with Gasteiger partial charge in [-0.2, -0.15) is 11.3 Å². The number of nitrogens with one attached hydrogen (secondary N) is 1. The summed E-state index contributed by atoms with van der Waals surface area (Å²) in [5.41, 5.74) is 2.45. The lowest BCUT2D eigenvalue weighted by molar-refractivity contribution is -0.126. The van der Waals surface area contributed by atoms with Crippen molar-refractivity contribution in [2.24, 2.45) is 0 Å². The van der Waals surface area contributed by atoms with Crippen LogP contribution in [0.3, 0.4) is 0 Å². The quantitative estimate of drug-likeness (QED) is 0.857. The first-order chi connectivity index (χ1) is 10.4. The number of carbonyl (C=O) groups is 1. The number of aryl methyl sites for hydroxylation is 1. The van der Waals surface area contributed by atoms with Gasteiger partial charge in [0.25, 0.3) is 0 Å². The minimum Gasteiger partial charge on any atom is -0.387 e. The van der Waals surface area contributed by atoms with Crippen molar-refractivity contribution in [3.8, 4) is 0 Å². The van der Waals surface area contributed by atoms with Gasteiger partial charge in [0.1, 0.15) is 0 Å². The van der Waals surface area contributed by atoms with Crippen LogP contribution in [0.2, 0.25) is 0 Å². The van der Waals surface area contributed by atoms with Crippen molar-refractivity contribution in [1.29, 1.82) is 0 Å². The summed E-state index contributed by atoms with van der Waals surface area (Å²) in [4.78, 5) is 12.5. The average molecular weight is 317 g/mol. The number of hydrogen-bond donors (Lipinski definition) is 2. The van der Waals surface area contributed by atoms with Gasteiger partial charge in [0, 0.05) is 6.54 Å². The van der Waals surface area contributed by atoms with E-state index in [1.807, 2.05) is 42.8 Å². The first-order valence-corrected chi connectivity index (χ1v) is 8.47. The van der Waals surface area contributed by atoms with Gasteiger partial charge in [0.05, 0.1) is 11.5 Å². The van der Waals surface area contributed by atoms with E-state index >= 15 is 0 Å². The Labute approximate surface area is 136 Å². The Balaban J connectivity index is 2.00. The summed E-state index contributed by atoms with van der Waals surface area (Å²) in [6.45, 7) is 6.14. The van der Waals surface area contributed by atoms with Crippen LogP contribution in [0, 0.1) is 0 Å². The molecule has 2 N–H and O–H groups in total. The Morgan fingerprint density at radius 1 is 1.27 bits per heavy atom. The molecule has 2 aromatic rings. The molecule has 0 aliphatic carbocycles. The molecule has 0 fully saturated rings. The number of benzene rings is 1. The number of amides is 1. The third-order valence-corrected chi connectivity index (χ3v) is 4.74. The highest BCUT2D eigenvalue weighted by molar-refractivity contribution is 7.07. The summed E-state index contributed by atoms with van der Waals surface area (Å²) >= 11 is 1.54. The number of rotatable bonds is 6. The van der Waals surface area contributed by atoms with Crippen molar-refractivity contribution in [2.75, 3.05) is 6.54 Å². The highest BCUT2D eigenvalue weighted by Crippen LogP contribution is 2.24. The van der Waals surface area contributed by atoms with E-state index < -0.39 is 11.5 Å². The molecule has 0 aliphatic rings. The van der Waals surface area contributed by atoms with Crippen molar-refractivity contribution in [3.63, 3.8) is 0 Å². The van der Waals surface area contributed by atoms with E-state index in [0.717, 1.165) is 17.5 Å². The Morgan fingerprint density at radius 3 is 2.50 bits per heavy atom. The zero-order valence-corrected chi connectivity index (χ0v) is 14.1. The molecule has 1 aromatic carbocycles. The molecule has 22 heavy (non-hydrogen) atoms.